The third-order valence-corrected chi connectivity index (χ3v) is 5.56. The van der Waals surface area contributed by atoms with Crippen LogP contribution in [-0.2, 0) is 14.4 Å². The van der Waals surface area contributed by atoms with Gasteiger partial charge in [-0.2, -0.15) is 13.2 Å². The lowest BCUT2D eigenvalue weighted by Crippen LogP contribution is -2.47. The quantitative estimate of drug-likeness (QED) is 0.439. The number of carbonyl (C=O) groups is 3. The molecular formula is C19H19ClF4N6O3. The molecule has 1 fully saturated rings. The minimum Gasteiger partial charge on any atom is -0.339 e. The fraction of sp³-hybridized carbons (Fsp3) is 0.421. The average molecular weight is 491 g/mol. The van der Waals surface area contributed by atoms with Crippen molar-refractivity contribution in [3.8, 4) is 0 Å². The molecule has 0 spiro atoms. The zero-order chi connectivity index (χ0) is 24.3. The molecule has 2 aromatic rings. The van der Waals surface area contributed by atoms with Crippen LogP contribution in [0.1, 0.15) is 31.5 Å². The van der Waals surface area contributed by atoms with Crippen molar-refractivity contribution in [2.24, 2.45) is 5.92 Å². The van der Waals surface area contributed by atoms with Gasteiger partial charge in [-0.15, -0.1) is 5.10 Å². The number of carbonyl (C=O) groups excluding carboxylic acids is 3. The van der Waals surface area contributed by atoms with Crippen LogP contribution in [0.15, 0.2) is 24.4 Å². The van der Waals surface area contributed by atoms with E-state index >= 15 is 0 Å². The number of benzene rings is 1. The summed E-state index contributed by atoms with van der Waals surface area (Å²) < 4.78 is 52.0. The third-order valence-electron chi connectivity index (χ3n) is 5.27. The predicted octanol–water partition coefficient (Wildman–Crippen LogP) is 2.58. The number of alkyl halides is 3. The smallest absolute Gasteiger partial charge is 0.339 e. The average Bonchev–Trinajstić information content (AvgIpc) is 3.38. The van der Waals surface area contributed by atoms with Gasteiger partial charge in [-0.05, 0) is 31.5 Å². The number of rotatable bonds is 5. The first-order valence-corrected chi connectivity index (χ1v) is 10.1. The lowest BCUT2D eigenvalue weighted by Gasteiger charge is -2.25. The zero-order valence-electron chi connectivity index (χ0n) is 17.1. The van der Waals surface area contributed by atoms with Crippen LogP contribution in [0.25, 0.3) is 0 Å². The van der Waals surface area contributed by atoms with E-state index in [9.17, 15) is 31.9 Å². The molecule has 1 saturated heterocycles. The maximum absolute atomic E-state index is 13.3. The first kappa shape index (κ1) is 24.4. The van der Waals surface area contributed by atoms with Crippen molar-refractivity contribution in [1.29, 1.82) is 0 Å². The molecule has 1 aliphatic rings. The van der Waals surface area contributed by atoms with E-state index in [4.69, 9.17) is 11.6 Å². The molecule has 33 heavy (non-hydrogen) atoms. The zero-order valence-corrected chi connectivity index (χ0v) is 17.9. The molecule has 3 N–H and O–H groups in total. The van der Waals surface area contributed by atoms with Crippen LogP contribution < -0.4 is 10.6 Å². The van der Waals surface area contributed by atoms with Gasteiger partial charge >= 0.3 is 18.0 Å². The van der Waals surface area contributed by atoms with Gasteiger partial charge in [0, 0.05) is 24.5 Å². The number of nitrogens with one attached hydrogen (secondary N) is 3. The molecule has 0 aliphatic carbocycles. The van der Waals surface area contributed by atoms with Crippen molar-refractivity contribution in [3.05, 3.63) is 40.9 Å². The molecule has 1 aliphatic heterocycles. The summed E-state index contributed by atoms with van der Waals surface area (Å²) in [4.78, 5) is 38.8. The number of hydrogen-bond acceptors (Lipinski definition) is 5. The Bertz CT molecular complexity index is 1030. The van der Waals surface area contributed by atoms with Gasteiger partial charge in [0.05, 0.1) is 23.4 Å². The van der Waals surface area contributed by atoms with E-state index in [1.54, 1.807) is 6.92 Å². The van der Waals surface area contributed by atoms with Gasteiger partial charge in [-0.25, -0.2) is 4.39 Å². The molecule has 3 amide bonds. The number of amides is 3. The molecule has 3 atom stereocenters. The van der Waals surface area contributed by atoms with Crippen LogP contribution >= 0.6 is 11.6 Å². The molecule has 14 heteroatoms. The normalized spacial score (nSPS) is 19.3. The van der Waals surface area contributed by atoms with E-state index in [0.29, 0.717) is 0 Å². The SMILES string of the molecule is C[C@H]1[C@@H](C(=O)Nc2ccc(F)c(Cl)c2)CCN1C(=O)C(=O)N[C@H](CC(F)(F)F)c1c[nH]nn1. The first-order valence-electron chi connectivity index (χ1n) is 9.76. The summed E-state index contributed by atoms with van der Waals surface area (Å²) in [6, 6.07) is 1.31. The Balaban J connectivity index is 1.64. The Morgan fingerprint density at radius 2 is 2.06 bits per heavy atom. The standard InChI is InChI=1S/C19H19ClF4N6O3/c1-9-11(16(31)26-10-2-3-13(21)12(20)6-10)4-5-30(9)18(33)17(32)27-14(7-19(22,23)24)15-8-25-29-28-15/h2-3,6,8-9,11,14H,4-5,7H2,1H3,(H,26,31)(H,27,32)(H,25,28,29)/t9-,11-,14+/m0/s1. The Morgan fingerprint density at radius 3 is 2.67 bits per heavy atom. The Kier molecular flexibility index (Phi) is 7.20. The van der Waals surface area contributed by atoms with Crippen molar-refractivity contribution in [2.45, 2.75) is 38.0 Å². The number of aromatic amines is 1. The molecule has 0 bridgehead atoms. The number of halogens is 5. The summed E-state index contributed by atoms with van der Waals surface area (Å²) in [5.74, 6) is -4.16. The Labute approximate surface area is 189 Å². The summed E-state index contributed by atoms with van der Waals surface area (Å²) in [5, 5.41) is 13.5. The molecule has 1 aromatic carbocycles. The van der Waals surface area contributed by atoms with Crippen LogP contribution in [0.2, 0.25) is 5.02 Å². The third kappa shape index (κ3) is 5.97. The van der Waals surface area contributed by atoms with Gasteiger partial charge in [-0.1, -0.05) is 16.8 Å². The van der Waals surface area contributed by atoms with Gasteiger partial charge in [0.15, 0.2) is 0 Å². The molecule has 0 saturated carbocycles. The summed E-state index contributed by atoms with van der Waals surface area (Å²) >= 11 is 5.70. The second kappa shape index (κ2) is 9.73. The largest absolute Gasteiger partial charge is 0.391 e. The molecular weight excluding hydrogens is 472 g/mol. The Morgan fingerprint density at radius 1 is 1.33 bits per heavy atom. The van der Waals surface area contributed by atoms with E-state index < -0.39 is 54.1 Å². The summed E-state index contributed by atoms with van der Waals surface area (Å²) in [7, 11) is 0. The molecule has 2 heterocycles. The second-order valence-corrected chi connectivity index (χ2v) is 7.90. The number of aromatic nitrogens is 3. The summed E-state index contributed by atoms with van der Waals surface area (Å²) in [6.45, 7) is 1.59. The first-order chi connectivity index (χ1) is 15.5. The number of nitrogens with zero attached hydrogens (tertiary/aromatic N) is 3. The van der Waals surface area contributed by atoms with Crippen LogP contribution in [0.3, 0.4) is 0 Å². The number of likely N-dealkylation sites (tertiary alicyclic amines) is 1. The van der Waals surface area contributed by atoms with Crippen LogP contribution in [0, 0.1) is 11.7 Å². The van der Waals surface area contributed by atoms with Gasteiger partial charge in [0.1, 0.15) is 11.5 Å². The van der Waals surface area contributed by atoms with Crippen molar-refractivity contribution < 1.29 is 31.9 Å². The highest BCUT2D eigenvalue weighted by Crippen LogP contribution is 2.30. The van der Waals surface area contributed by atoms with Crippen LogP contribution in [0.5, 0.6) is 0 Å². The van der Waals surface area contributed by atoms with Gasteiger partial charge in [0.25, 0.3) is 0 Å². The second-order valence-electron chi connectivity index (χ2n) is 7.50. The molecule has 0 radical (unpaired) electrons. The monoisotopic (exact) mass is 490 g/mol. The fourth-order valence-electron chi connectivity index (χ4n) is 3.58. The summed E-state index contributed by atoms with van der Waals surface area (Å²) in [5.41, 5.74) is 0.0712. The molecule has 3 rings (SSSR count). The number of anilines is 1. The minimum absolute atomic E-state index is 0.0452. The van der Waals surface area contributed by atoms with Gasteiger partial charge in [0.2, 0.25) is 5.91 Å². The van der Waals surface area contributed by atoms with Gasteiger partial charge < -0.3 is 15.5 Å². The lowest BCUT2D eigenvalue weighted by molar-refractivity contribution is -0.151. The van der Waals surface area contributed by atoms with Crippen molar-refractivity contribution in [3.63, 3.8) is 0 Å². The van der Waals surface area contributed by atoms with Gasteiger partial charge in [-0.3, -0.25) is 19.5 Å². The molecule has 9 nitrogen and oxygen atoms in total. The van der Waals surface area contributed by atoms with E-state index in [2.05, 4.69) is 20.7 Å². The van der Waals surface area contributed by atoms with Crippen molar-refractivity contribution in [1.82, 2.24) is 25.6 Å². The predicted molar refractivity (Wildman–Crippen MR) is 107 cm³/mol. The highest BCUT2D eigenvalue weighted by Gasteiger charge is 2.41. The highest BCUT2D eigenvalue weighted by molar-refractivity contribution is 6.35. The molecule has 0 unspecified atom stereocenters. The topological polar surface area (TPSA) is 120 Å². The van der Waals surface area contributed by atoms with E-state index in [1.165, 1.54) is 12.1 Å². The molecule has 178 valence electrons. The maximum atomic E-state index is 13.3. The van der Waals surface area contributed by atoms with E-state index in [-0.39, 0.29) is 29.4 Å². The minimum atomic E-state index is -4.63. The van der Waals surface area contributed by atoms with Crippen LogP contribution in [0.4, 0.5) is 23.2 Å². The highest BCUT2D eigenvalue weighted by atomic mass is 35.5. The molecule has 1 aromatic heterocycles. The van der Waals surface area contributed by atoms with Crippen LogP contribution in [-0.4, -0.2) is 56.8 Å². The van der Waals surface area contributed by atoms with E-state index in [0.717, 1.165) is 17.2 Å². The number of H-pyrrole nitrogens is 1. The fourth-order valence-corrected chi connectivity index (χ4v) is 3.76. The van der Waals surface area contributed by atoms with Crippen molar-refractivity contribution >= 4 is 35.0 Å². The summed E-state index contributed by atoms with van der Waals surface area (Å²) in [6.07, 6.45) is -4.77. The van der Waals surface area contributed by atoms with Crippen molar-refractivity contribution in [2.75, 3.05) is 11.9 Å². The maximum Gasteiger partial charge on any atom is 0.391 e. The number of hydrogen-bond donors (Lipinski definition) is 3. The van der Waals surface area contributed by atoms with E-state index in [1.807, 2.05) is 5.32 Å². The lowest BCUT2D eigenvalue weighted by atomic mass is 10.0. The Hall–Kier alpha value is -3.22.